The van der Waals surface area contributed by atoms with Gasteiger partial charge in [0, 0.05) is 17.3 Å². The molecule has 2 aromatic rings. The number of aryl methyl sites for hydroxylation is 1. The summed E-state index contributed by atoms with van der Waals surface area (Å²) in [6, 6.07) is 9.12. The summed E-state index contributed by atoms with van der Waals surface area (Å²) in [5.41, 5.74) is 2.85. The molecule has 0 radical (unpaired) electrons. The summed E-state index contributed by atoms with van der Waals surface area (Å²) in [7, 11) is 0. The molecule has 0 aliphatic carbocycles. The van der Waals surface area contributed by atoms with E-state index in [0.29, 0.717) is 33.8 Å². The Balaban J connectivity index is 2.06. The van der Waals surface area contributed by atoms with Gasteiger partial charge in [-0.05, 0) is 32.1 Å². The Hall–Kier alpha value is -2.99. The van der Waals surface area contributed by atoms with Gasteiger partial charge >= 0.3 is 0 Å². The Morgan fingerprint density at radius 2 is 1.92 bits per heavy atom. The summed E-state index contributed by atoms with van der Waals surface area (Å²) in [4.78, 5) is 16.7. The van der Waals surface area contributed by atoms with Gasteiger partial charge in [0.25, 0.3) is 5.91 Å². The third kappa shape index (κ3) is 2.68. The number of aromatic nitrogens is 1. The highest BCUT2D eigenvalue weighted by Crippen LogP contribution is 2.30. The van der Waals surface area contributed by atoms with Gasteiger partial charge in [0.15, 0.2) is 0 Å². The highest BCUT2D eigenvalue weighted by atomic mass is 16.3. The molecule has 0 spiro atoms. The number of hydrazone groups is 1. The summed E-state index contributed by atoms with van der Waals surface area (Å²) in [6.07, 6.45) is 3.04. The number of carbonyl (C=O) groups is 1. The molecule has 0 fully saturated rings. The zero-order chi connectivity index (χ0) is 17.3. The Bertz CT molecular complexity index is 857. The van der Waals surface area contributed by atoms with Crippen LogP contribution in [0.5, 0.6) is 5.75 Å². The Morgan fingerprint density at radius 3 is 2.58 bits per heavy atom. The number of anilines is 1. The molecule has 2 heterocycles. The fourth-order valence-corrected chi connectivity index (χ4v) is 2.51. The fourth-order valence-electron chi connectivity index (χ4n) is 2.51. The van der Waals surface area contributed by atoms with Crippen molar-refractivity contribution in [3.8, 4) is 5.75 Å². The monoisotopic (exact) mass is 323 g/mol. The molecule has 6 nitrogen and oxygen atoms in total. The standard InChI is InChI=1S/C18H17N3O3/c1-11-15(8-16-13(10-22)9-19-12(2)17(16)23)18(24)21(20-11)14-6-4-3-5-7-14/h3-9,22-23H,10H2,1-2H3. The lowest BCUT2D eigenvalue weighted by atomic mass is 10.0. The number of hydrogen-bond donors (Lipinski definition) is 2. The molecule has 1 aromatic carbocycles. The van der Waals surface area contributed by atoms with Crippen molar-refractivity contribution in [1.29, 1.82) is 0 Å². The van der Waals surface area contributed by atoms with Crippen LogP contribution in [-0.2, 0) is 11.4 Å². The van der Waals surface area contributed by atoms with Crippen LogP contribution in [-0.4, -0.2) is 26.8 Å². The predicted molar refractivity (Wildman–Crippen MR) is 91.6 cm³/mol. The minimum Gasteiger partial charge on any atom is -0.505 e. The lowest BCUT2D eigenvalue weighted by molar-refractivity contribution is -0.114. The van der Waals surface area contributed by atoms with Crippen molar-refractivity contribution in [2.24, 2.45) is 5.10 Å². The number of pyridine rings is 1. The maximum absolute atomic E-state index is 12.7. The number of aromatic hydroxyl groups is 1. The second kappa shape index (κ2) is 6.25. The highest BCUT2D eigenvalue weighted by Gasteiger charge is 2.29. The number of amides is 1. The molecule has 1 aromatic heterocycles. The summed E-state index contributed by atoms with van der Waals surface area (Å²) in [5.74, 6) is -0.329. The maximum atomic E-state index is 12.7. The molecule has 6 heteroatoms. The van der Waals surface area contributed by atoms with Crippen LogP contribution < -0.4 is 5.01 Å². The highest BCUT2D eigenvalue weighted by molar-refractivity contribution is 6.32. The molecule has 1 amide bonds. The van der Waals surface area contributed by atoms with E-state index in [1.54, 1.807) is 32.1 Å². The van der Waals surface area contributed by atoms with Crippen LogP contribution in [0.3, 0.4) is 0 Å². The van der Waals surface area contributed by atoms with E-state index < -0.39 is 0 Å². The van der Waals surface area contributed by atoms with E-state index in [-0.39, 0.29) is 18.3 Å². The number of aliphatic hydroxyl groups is 1. The minimum absolute atomic E-state index is 0.0483. The molecule has 0 bridgehead atoms. The molecule has 0 unspecified atom stereocenters. The largest absolute Gasteiger partial charge is 0.505 e. The summed E-state index contributed by atoms with van der Waals surface area (Å²) in [6.45, 7) is 3.11. The molecule has 0 atom stereocenters. The van der Waals surface area contributed by atoms with Gasteiger partial charge in [0.05, 0.1) is 29.3 Å². The summed E-state index contributed by atoms with van der Waals surface area (Å²) in [5, 5.41) is 25.3. The first-order chi connectivity index (χ1) is 11.5. The first kappa shape index (κ1) is 15.9. The van der Waals surface area contributed by atoms with E-state index in [1.807, 2.05) is 18.2 Å². The number of nitrogens with zero attached hydrogens (tertiary/aromatic N) is 3. The molecular formula is C18H17N3O3. The van der Waals surface area contributed by atoms with Crippen molar-refractivity contribution in [3.05, 3.63) is 58.9 Å². The van der Waals surface area contributed by atoms with Crippen LogP contribution in [0.2, 0.25) is 0 Å². The van der Waals surface area contributed by atoms with Gasteiger partial charge < -0.3 is 10.2 Å². The second-order valence-electron chi connectivity index (χ2n) is 5.49. The Kier molecular flexibility index (Phi) is 4.14. The van der Waals surface area contributed by atoms with E-state index in [9.17, 15) is 15.0 Å². The number of aliphatic hydroxyl groups excluding tert-OH is 1. The van der Waals surface area contributed by atoms with Crippen LogP contribution in [0, 0.1) is 6.92 Å². The van der Waals surface area contributed by atoms with Crippen molar-refractivity contribution >= 4 is 23.4 Å². The van der Waals surface area contributed by atoms with E-state index >= 15 is 0 Å². The molecule has 24 heavy (non-hydrogen) atoms. The Morgan fingerprint density at radius 1 is 1.21 bits per heavy atom. The smallest absolute Gasteiger partial charge is 0.280 e. The average Bonchev–Trinajstić information content (AvgIpc) is 2.88. The molecular weight excluding hydrogens is 306 g/mol. The van der Waals surface area contributed by atoms with Crippen LogP contribution in [0.15, 0.2) is 47.2 Å². The van der Waals surface area contributed by atoms with Gasteiger partial charge in [-0.2, -0.15) is 10.1 Å². The molecule has 0 saturated heterocycles. The van der Waals surface area contributed by atoms with Crippen LogP contribution in [0.4, 0.5) is 5.69 Å². The SMILES string of the molecule is CC1=NN(c2ccccc2)C(=O)C1=Cc1c(CO)cnc(C)c1O. The van der Waals surface area contributed by atoms with Gasteiger partial charge in [-0.25, -0.2) is 0 Å². The topological polar surface area (TPSA) is 86.0 Å². The fraction of sp³-hybridized carbons (Fsp3) is 0.167. The predicted octanol–water partition coefficient (Wildman–Crippen LogP) is 2.39. The number of rotatable bonds is 3. The summed E-state index contributed by atoms with van der Waals surface area (Å²) < 4.78 is 0. The number of para-hydroxylation sites is 1. The molecule has 1 aliphatic heterocycles. The number of carbonyl (C=O) groups excluding carboxylic acids is 1. The van der Waals surface area contributed by atoms with Gasteiger partial charge in [-0.15, -0.1) is 0 Å². The zero-order valence-electron chi connectivity index (χ0n) is 13.4. The first-order valence-electron chi connectivity index (χ1n) is 7.48. The van der Waals surface area contributed by atoms with Crippen molar-refractivity contribution in [2.75, 3.05) is 5.01 Å². The second-order valence-corrected chi connectivity index (χ2v) is 5.49. The molecule has 0 saturated carbocycles. The van der Waals surface area contributed by atoms with Gasteiger partial charge in [0.1, 0.15) is 5.75 Å². The molecule has 2 N–H and O–H groups in total. The van der Waals surface area contributed by atoms with Gasteiger partial charge in [0.2, 0.25) is 0 Å². The van der Waals surface area contributed by atoms with Crippen LogP contribution in [0.1, 0.15) is 23.7 Å². The number of hydrogen-bond acceptors (Lipinski definition) is 5. The molecule has 122 valence electrons. The maximum Gasteiger partial charge on any atom is 0.280 e. The van der Waals surface area contributed by atoms with E-state index in [2.05, 4.69) is 10.1 Å². The number of benzene rings is 1. The third-order valence-electron chi connectivity index (χ3n) is 3.88. The van der Waals surface area contributed by atoms with Crippen LogP contribution in [0.25, 0.3) is 6.08 Å². The minimum atomic E-state index is -0.285. The van der Waals surface area contributed by atoms with Crippen molar-refractivity contribution in [3.63, 3.8) is 0 Å². The van der Waals surface area contributed by atoms with E-state index in [1.165, 1.54) is 11.2 Å². The summed E-state index contributed by atoms with van der Waals surface area (Å²) >= 11 is 0. The van der Waals surface area contributed by atoms with Crippen molar-refractivity contribution in [2.45, 2.75) is 20.5 Å². The van der Waals surface area contributed by atoms with Crippen molar-refractivity contribution in [1.82, 2.24) is 4.98 Å². The lowest BCUT2D eigenvalue weighted by Gasteiger charge is -2.12. The first-order valence-corrected chi connectivity index (χ1v) is 7.48. The third-order valence-corrected chi connectivity index (χ3v) is 3.88. The Labute approximate surface area is 139 Å². The lowest BCUT2D eigenvalue weighted by Crippen LogP contribution is -2.21. The quantitative estimate of drug-likeness (QED) is 0.849. The zero-order valence-corrected chi connectivity index (χ0v) is 13.4. The van der Waals surface area contributed by atoms with Crippen LogP contribution >= 0.6 is 0 Å². The average molecular weight is 323 g/mol. The van der Waals surface area contributed by atoms with E-state index in [4.69, 9.17) is 0 Å². The van der Waals surface area contributed by atoms with E-state index in [0.717, 1.165) is 0 Å². The van der Waals surface area contributed by atoms with Crippen molar-refractivity contribution < 1.29 is 15.0 Å². The normalized spacial score (nSPS) is 16.0. The molecule has 1 aliphatic rings. The van der Waals surface area contributed by atoms with Gasteiger partial charge in [-0.3, -0.25) is 9.78 Å². The van der Waals surface area contributed by atoms with Gasteiger partial charge in [-0.1, -0.05) is 18.2 Å². The molecule has 3 rings (SSSR count).